The van der Waals surface area contributed by atoms with E-state index in [1.165, 1.54) is 7.11 Å². The number of hydrogen-bond acceptors (Lipinski definition) is 4. The van der Waals surface area contributed by atoms with E-state index in [0.717, 1.165) is 0 Å². The topological polar surface area (TPSA) is 64.6 Å². The summed E-state index contributed by atoms with van der Waals surface area (Å²) in [6.07, 6.45) is 0. The maximum atomic E-state index is 11.3. The molecule has 0 spiro atoms. The molecule has 0 aromatic heterocycles. The van der Waals surface area contributed by atoms with Gasteiger partial charge in [0.1, 0.15) is 12.6 Å². The van der Waals surface area contributed by atoms with E-state index in [1.54, 1.807) is 6.92 Å². The van der Waals surface area contributed by atoms with Crippen molar-refractivity contribution in [2.75, 3.05) is 13.7 Å². The second-order valence-electron chi connectivity index (χ2n) is 4.21. The van der Waals surface area contributed by atoms with Crippen molar-refractivity contribution < 1.29 is 19.1 Å². The molecular formula is C10H19NO4. The normalized spacial score (nSPS) is 13.1. The number of ether oxygens (including phenoxy) is 2. The zero-order valence-electron chi connectivity index (χ0n) is 9.92. The molecule has 0 aromatic rings. The van der Waals surface area contributed by atoms with E-state index in [0.29, 0.717) is 0 Å². The summed E-state index contributed by atoms with van der Waals surface area (Å²) < 4.78 is 9.71. The van der Waals surface area contributed by atoms with Crippen LogP contribution in [-0.4, -0.2) is 37.2 Å². The Hall–Kier alpha value is -1.10. The van der Waals surface area contributed by atoms with Gasteiger partial charge in [-0.15, -0.1) is 0 Å². The maximum Gasteiger partial charge on any atom is 0.328 e. The van der Waals surface area contributed by atoms with Gasteiger partial charge in [-0.05, 0) is 27.7 Å². The molecule has 0 rings (SSSR count). The molecule has 1 N–H and O–H groups in total. The lowest BCUT2D eigenvalue weighted by molar-refractivity contribution is -0.145. The molecule has 15 heavy (non-hydrogen) atoms. The molecule has 1 amide bonds. The number of nitrogens with one attached hydrogen (secondary N) is 1. The Bertz CT molecular complexity index is 232. The average molecular weight is 217 g/mol. The minimum absolute atomic E-state index is 0.0646. The predicted molar refractivity (Wildman–Crippen MR) is 55.3 cm³/mol. The number of methoxy groups -OCH3 is 1. The van der Waals surface area contributed by atoms with E-state index in [-0.39, 0.29) is 18.1 Å². The molecule has 1 atom stereocenters. The van der Waals surface area contributed by atoms with Crippen molar-refractivity contribution in [3.8, 4) is 0 Å². The molecule has 0 bridgehead atoms. The van der Waals surface area contributed by atoms with Crippen molar-refractivity contribution >= 4 is 11.9 Å². The molecule has 0 unspecified atom stereocenters. The first kappa shape index (κ1) is 13.9. The van der Waals surface area contributed by atoms with E-state index < -0.39 is 12.0 Å². The van der Waals surface area contributed by atoms with Gasteiger partial charge in [-0.2, -0.15) is 0 Å². The van der Waals surface area contributed by atoms with Crippen LogP contribution in [0.2, 0.25) is 0 Å². The number of carbonyl (C=O) groups excluding carboxylic acids is 2. The Labute approximate surface area is 90.1 Å². The van der Waals surface area contributed by atoms with Crippen LogP contribution in [0.15, 0.2) is 0 Å². The number of carbonyl (C=O) groups is 2. The standard InChI is InChI=1S/C10H19NO4/c1-7(9(13)14-5)11-8(12)6-15-10(2,3)4/h7H,6H2,1-5H3,(H,11,12)/t7-/m0/s1. The zero-order valence-corrected chi connectivity index (χ0v) is 9.92. The monoisotopic (exact) mass is 217 g/mol. The van der Waals surface area contributed by atoms with Crippen LogP contribution in [0.25, 0.3) is 0 Å². The quantitative estimate of drug-likeness (QED) is 0.696. The molecule has 0 aromatic carbocycles. The summed E-state index contributed by atoms with van der Waals surface area (Å²) >= 11 is 0. The van der Waals surface area contributed by atoms with Gasteiger partial charge in [-0.3, -0.25) is 4.79 Å². The molecule has 5 nitrogen and oxygen atoms in total. The molecule has 0 fully saturated rings. The van der Waals surface area contributed by atoms with E-state index >= 15 is 0 Å². The van der Waals surface area contributed by atoms with Crippen molar-refractivity contribution in [2.45, 2.75) is 39.3 Å². The number of hydrogen-bond donors (Lipinski definition) is 1. The first-order valence-electron chi connectivity index (χ1n) is 4.77. The van der Waals surface area contributed by atoms with E-state index in [4.69, 9.17) is 4.74 Å². The fraction of sp³-hybridized carbons (Fsp3) is 0.800. The van der Waals surface area contributed by atoms with Crippen LogP contribution in [0, 0.1) is 0 Å². The highest BCUT2D eigenvalue weighted by Crippen LogP contribution is 2.05. The van der Waals surface area contributed by atoms with Gasteiger partial charge in [0, 0.05) is 0 Å². The van der Waals surface area contributed by atoms with E-state index in [2.05, 4.69) is 10.1 Å². The molecule has 0 saturated heterocycles. The molecule has 0 aliphatic heterocycles. The Morgan fingerprint density at radius 3 is 2.27 bits per heavy atom. The van der Waals surface area contributed by atoms with E-state index in [1.807, 2.05) is 20.8 Å². The van der Waals surface area contributed by atoms with Gasteiger partial charge in [-0.25, -0.2) is 4.79 Å². The van der Waals surface area contributed by atoms with Crippen molar-refractivity contribution in [2.24, 2.45) is 0 Å². The first-order valence-corrected chi connectivity index (χ1v) is 4.77. The fourth-order valence-electron chi connectivity index (χ4n) is 0.801. The summed E-state index contributed by atoms with van der Waals surface area (Å²) in [6, 6.07) is -0.647. The summed E-state index contributed by atoms with van der Waals surface area (Å²) in [7, 11) is 1.27. The molecule has 0 heterocycles. The minimum atomic E-state index is -0.647. The van der Waals surface area contributed by atoms with Gasteiger partial charge in [0.05, 0.1) is 12.7 Å². The summed E-state index contributed by atoms with van der Waals surface area (Å²) in [6.45, 7) is 7.05. The van der Waals surface area contributed by atoms with Crippen LogP contribution in [0.4, 0.5) is 0 Å². The Balaban J connectivity index is 3.89. The van der Waals surface area contributed by atoms with E-state index in [9.17, 15) is 9.59 Å². The van der Waals surface area contributed by atoms with Gasteiger partial charge in [0.25, 0.3) is 0 Å². The fourth-order valence-corrected chi connectivity index (χ4v) is 0.801. The van der Waals surface area contributed by atoms with Gasteiger partial charge in [0.15, 0.2) is 0 Å². The van der Waals surface area contributed by atoms with Crippen molar-refractivity contribution in [1.82, 2.24) is 5.32 Å². The molecule has 0 aliphatic carbocycles. The third-order valence-corrected chi connectivity index (χ3v) is 1.57. The lowest BCUT2D eigenvalue weighted by atomic mass is 10.2. The highest BCUT2D eigenvalue weighted by Gasteiger charge is 2.18. The van der Waals surface area contributed by atoms with Crippen molar-refractivity contribution in [1.29, 1.82) is 0 Å². The molecule has 88 valence electrons. The Kier molecular flexibility index (Phi) is 5.28. The Morgan fingerprint density at radius 1 is 1.33 bits per heavy atom. The maximum absolute atomic E-state index is 11.3. The van der Waals surface area contributed by atoms with Gasteiger partial charge in [0.2, 0.25) is 5.91 Å². The second-order valence-corrected chi connectivity index (χ2v) is 4.21. The lowest BCUT2D eigenvalue weighted by Crippen LogP contribution is -2.42. The minimum Gasteiger partial charge on any atom is -0.467 e. The zero-order chi connectivity index (χ0) is 12.1. The molecule has 0 radical (unpaired) electrons. The van der Waals surface area contributed by atoms with Crippen LogP contribution < -0.4 is 5.32 Å². The summed E-state index contributed by atoms with van der Waals surface area (Å²) in [4.78, 5) is 22.2. The van der Waals surface area contributed by atoms with Gasteiger partial charge in [-0.1, -0.05) is 0 Å². The molecule has 5 heteroatoms. The summed E-state index contributed by atoms with van der Waals surface area (Å²) in [5.74, 6) is -0.804. The second kappa shape index (κ2) is 5.70. The van der Waals surface area contributed by atoms with Gasteiger partial charge < -0.3 is 14.8 Å². The van der Waals surface area contributed by atoms with Crippen LogP contribution in [0.3, 0.4) is 0 Å². The van der Waals surface area contributed by atoms with Crippen LogP contribution in [0.1, 0.15) is 27.7 Å². The Morgan fingerprint density at radius 2 is 1.87 bits per heavy atom. The smallest absolute Gasteiger partial charge is 0.328 e. The summed E-state index contributed by atoms with van der Waals surface area (Å²) in [5, 5.41) is 2.46. The number of rotatable bonds is 4. The molecular weight excluding hydrogens is 198 g/mol. The lowest BCUT2D eigenvalue weighted by Gasteiger charge is -2.19. The van der Waals surface area contributed by atoms with Crippen LogP contribution in [-0.2, 0) is 19.1 Å². The van der Waals surface area contributed by atoms with Crippen molar-refractivity contribution in [3.63, 3.8) is 0 Å². The van der Waals surface area contributed by atoms with Crippen LogP contribution in [0.5, 0.6) is 0 Å². The SMILES string of the molecule is COC(=O)[C@H](C)NC(=O)COC(C)(C)C. The number of esters is 1. The first-order chi connectivity index (χ1) is 6.76. The summed E-state index contributed by atoms with van der Waals surface area (Å²) in [5.41, 5.74) is -0.369. The molecule has 0 aliphatic rings. The predicted octanol–water partition coefficient (Wildman–Crippen LogP) is 0.479. The third kappa shape index (κ3) is 6.90. The van der Waals surface area contributed by atoms with Crippen molar-refractivity contribution in [3.05, 3.63) is 0 Å². The highest BCUT2D eigenvalue weighted by atomic mass is 16.5. The molecule has 0 saturated carbocycles. The van der Waals surface area contributed by atoms with Crippen LogP contribution >= 0.6 is 0 Å². The largest absolute Gasteiger partial charge is 0.467 e. The number of amides is 1. The average Bonchev–Trinajstić information content (AvgIpc) is 2.12. The van der Waals surface area contributed by atoms with Gasteiger partial charge >= 0.3 is 5.97 Å². The highest BCUT2D eigenvalue weighted by molar-refractivity contribution is 5.84. The third-order valence-electron chi connectivity index (χ3n) is 1.57.